The number of anilines is 1. The van der Waals surface area contributed by atoms with Gasteiger partial charge in [0.2, 0.25) is 0 Å². The summed E-state index contributed by atoms with van der Waals surface area (Å²) in [4.78, 5) is 18.0. The molecule has 1 aromatic carbocycles. The van der Waals surface area contributed by atoms with Crippen molar-refractivity contribution >= 4 is 22.7 Å². The zero-order valence-electron chi connectivity index (χ0n) is 13.3. The molecule has 4 rings (SSSR count). The van der Waals surface area contributed by atoms with Gasteiger partial charge in [0.05, 0.1) is 17.8 Å². The van der Waals surface area contributed by atoms with Crippen molar-refractivity contribution in [3.8, 4) is 0 Å². The van der Waals surface area contributed by atoms with Crippen molar-refractivity contribution < 1.29 is 9.90 Å². The Morgan fingerprint density at radius 2 is 2.17 bits per heavy atom. The number of aromatic nitrogens is 4. The number of pyridine rings is 1. The molecule has 1 fully saturated rings. The van der Waals surface area contributed by atoms with E-state index in [9.17, 15) is 4.79 Å². The number of aryl methyl sites for hydroxylation is 1. The fourth-order valence-electron chi connectivity index (χ4n) is 3.23. The third kappa shape index (κ3) is 2.47. The van der Waals surface area contributed by atoms with Gasteiger partial charge in [-0.2, -0.15) is 0 Å². The van der Waals surface area contributed by atoms with E-state index in [4.69, 9.17) is 10.1 Å². The molecule has 0 amide bonds. The second kappa shape index (κ2) is 5.59. The molecular weight excluding hydrogens is 306 g/mol. The molecule has 0 saturated carbocycles. The number of hydrogen-bond acceptors (Lipinski definition) is 5. The summed E-state index contributed by atoms with van der Waals surface area (Å²) in [6.45, 7) is 3.67. The highest BCUT2D eigenvalue weighted by molar-refractivity contribution is 5.84. The van der Waals surface area contributed by atoms with E-state index in [0.29, 0.717) is 0 Å². The van der Waals surface area contributed by atoms with Gasteiger partial charge in [0.25, 0.3) is 0 Å². The topological polar surface area (TPSA) is 84.1 Å². The van der Waals surface area contributed by atoms with Gasteiger partial charge in [0.15, 0.2) is 5.69 Å². The summed E-state index contributed by atoms with van der Waals surface area (Å²) in [5.74, 6) is -0.0714. The zero-order valence-corrected chi connectivity index (χ0v) is 13.3. The Bertz CT molecular complexity index is 920. The minimum Gasteiger partial charge on any atom is -0.476 e. The molecule has 2 aromatic heterocycles. The number of benzene rings is 1. The predicted molar refractivity (Wildman–Crippen MR) is 89.3 cm³/mol. The third-order valence-corrected chi connectivity index (χ3v) is 4.45. The Kier molecular flexibility index (Phi) is 3.41. The van der Waals surface area contributed by atoms with E-state index in [1.165, 1.54) is 6.20 Å². The van der Waals surface area contributed by atoms with E-state index in [-0.39, 0.29) is 11.7 Å². The number of carboxylic acid groups (broad SMARTS) is 1. The largest absolute Gasteiger partial charge is 0.476 e. The first-order chi connectivity index (χ1) is 11.6. The van der Waals surface area contributed by atoms with Gasteiger partial charge < -0.3 is 10.0 Å². The molecule has 0 spiro atoms. The van der Waals surface area contributed by atoms with Gasteiger partial charge in [0.1, 0.15) is 5.82 Å². The van der Waals surface area contributed by atoms with Gasteiger partial charge in [-0.05, 0) is 31.0 Å². The highest BCUT2D eigenvalue weighted by atomic mass is 16.4. The maximum Gasteiger partial charge on any atom is 0.358 e. The van der Waals surface area contributed by atoms with Crippen molar-refractivity contribution in [3.63, 3.8) is 0 Å². The Morgan fingerprint density at radius 3 is 2.96 bits per heavy atom. The van der Waals surface area contributed by atoms with E-state index in [1.807, 2.05) is 18.2 Å². The third-order valence-electron chi connectivity index (χ3n) is 4.45. The zero-order chi connectivity index (χ0) is 16.7. The van der Waals surface area contributed by atoms with Crippen LogP contribution in [0.15, 0.2) is 36.5 Å². The summed E-state index contributed by atoms with van der Waals surface area (Å²) in [6, 6.07) is 10.3. The van der Waals surface area contributed by atoms with Crippen molar-refractivity contribution in [3.05, 3.63) is 47.8 Å². The Labute approximate surface area is 138 Å². The summed E-state index contributed by atoms with van der Waals surface area (Å²) in [7, 11) is 0. The number of carboxylic acids is 1. The predicted octanol–water partition coefficient (Wildman–Crippen LogP) is 2.28. The van der Waals surface area contributed by atoms with E-state index >= 15 is 0 Å². The van der Waals surface area contributed by atoms with Gasteiger partial charge >= 0.3 is 5.97 Å². The van der Waals surface area contributed by atoms with Gasteiger partial charge in [-0.25, -0.2) is 14.5 Å². The molecule has 7 heteroatoms. The highest BCUT2D eigenvalue weighted by Crippen LogP contribution is 2.29. The number of hydrogen-bond donors (Lipinski definition) is 1. The van der Waals surface area contributed by atoms with E-state index in [1.54, 1.807) is 4.68 Å². The number of nitrogens with zero attached hydrogens (tertiary/aromatic N) is 5. The number of para-hydroxylation sites is 1. The molecule has 0 radical (unpaired) electrons. The van der Waals surface area contributed by atoms with Crippen LogP contribution in [0.5, 0.6) is 0 Å². The van der Waals surface area contributed by atoms with Crippen LogP contribution in [-0.2, 0) is 0 Å². The molecule has 1 aliphatic heterocycles. The average Bonchev–Trinajstić information content (AvgIpc) is 3.23. The molecule has 3 aromatic rings. The Hall–Kier alpha value is -2.96. The summed E-state index contributed by atoms with van der Waals surface area (Å²) in [5.41, 5.74) is 2.10. The number of carbonyl (C=O) groups is 1. The van der Waals surface area contributed by atoms with Crippen LogP contribution >= 0.6 is 0 Å². The fraction of sp³-hybridized carbons (Fsp3) is 0.294. The van der Waals surface area contributed by atoms with Crippen LogP contribution in [0.1, 0.15) is 28.5 Å². The van der Waals surface area contributed by atoms with Crippen LogP contribution in [-0.4, -0.2) is 44.1 Å². The number of aromatic carboxylic acids is 1. The molecule has 122 valence electrons. The average molecular weight is 323 g/mol. The van der Waals surface area contributed by atoms with Crippen molar-refractivity contribution in [1.29, 1.82) is 0 Å². The lowest BCUT2D eigenvalue weighted by molar-refractivity contribution is 0.0690. The molecule has 1 N–H and O–H groups in total. The second-order valence-electron chi connectivity index (χ2n) is 6.10. The second-order valence-corrected chi connectivity index (χ2v) is 6.10. The molecule has 0 bridgehead atoms. The number of fused-ring (bicyclic) bond motifs is 1. The van der Waals surface area contributed by atoms with Gasteiger partial charge in [0, 0.05) is 18.5 Å². The van der Waals surface area contributed by atoms with Crippen molar-refractivity contribution in [1.82, 2.24) is 20.0 Å². The standard InChI is InChI=1S/C17H17N5O2/c1-11-8-12-4-2-3-5-14(12)18-16(11)21-7-6-13(9-21)22-10-15(17(23)24)19-20-22/h2-5,8,10,13H,6-7,9H2,1H3,(H,23,24). The molecule has 3 heterocycles. The molecular formula is C17H17N5O2. The first-order valence-corrected chi connectivity index (χ1v) is 7.88. The molecule has 1 unspecified atom stereocenters. The molecule has 1 aliphatic rings. The van der Waals surface area contributed by atoms with Crippen LogP contribution in [0.3, 0.4) is 0 Å². The molecule has 24 heavy (non-hydrogen) atoms. The van der Waals surface area contributed by atoms with E-state index < -0.39 is 5.97 Å². The molecule has 1 atom stereocenters. The normalized spacial score (nSPS) is 17.5. The smallest absolute Gasteiger partial charge is 0.358 e. The Balaban J connectivity index is 1.60. The lowest BCUT2D eigenvalue weighted by Crippen LogP contribution is -2.23. The lowest BCUT2D eigenvalue weighted by atomic mass is 10.1. The molecule has 7 nitrogen and oxygen atoms in total. The summed E-state index contributed by atoms with van der Waals surface area (Å²) in [5, 5.41) is 17.8. The van der Waals surface area contributed by atoms with Gasteiger partial charge in [-0.3, -0.25) is 0 Å². The molecule has 1 saturated heterocycles. The first kappa shape index (κ1) is 14.6. The summed E-state index contributed by atoms with van der Waals surface area (Å²) < 4.78 is 1.65. The van der Waals surface area contributed by atoms with Crippen LogP contribution in [0.2, 0.25) is 0 Å². The van der Waals surface area contributed by atoms with Gasteiger partial charge in [-0.15, -0.1) is 5.10 Å². The summed E-state index contributed by atoms with van der Waals surface area (Å²) in [6.07, 6.45) is 2.38. The maximum atomic E-state index is 10.9. The first-order valence-electron chi connectivity index (χ1n) is 7.88. The van der Waals surface area contributed by atoms with Crippen molar-refractivity contribution in [2.45, 2.75) is 19.4 Å². The maximum absolute atomic E-state index is 10.9. The minimum absolute atomic E-state index is 0.0199. The SMILES string of the molecule is Cc1cc2ccccc2nc1N1CCC(n2cc(C(=O)O)nn2)C1. The van der Waals surface area contributed by atoms with Crippen LogP contribution in [0.4, 0.5) is 5.82 Å². The van der Waals surface area contributed by atoms with Crippen LogP contribution in [0, 0.1) is 6.92 Å². The van der Waals surface area contributed by atoms with Crippen molar-refractivity contribution in [2.24, 2.45) is 0 Å². The van der Waals surface area contributed by atoms with Gasteiger partial charge in [-0.1, -0.05) is 23.4 Å². The quantitative estimate of drug-likeness (QED) is 0.796. The molecule has 0 aliphatic carbocycles. The summed E-state index contributed by atoms with van der Waals surface area (Å²) >= 11 is 0. The van der Waals surface area contributed by atoms with E-state index in [0.717, 1.165) is 41.8 Å². The monoisotopic (exact) mass is 323 g/mol. The van der Waals surface area contributed by atoms with Crippen LogP contribution < -0.4 is 4.90 Å². The van der Waals surface area contributed by atoms with Crippen LogP contribution in [0.25, 0.3) is 10.9 Å². The highest BCUT2D eigenvalue weighted by Gasteiger charge is 2.27. The Morgan fingerprint density at radius 1 is 1.33 bits per heavy atom. The lowest BCUT2D eigenvalue weighted by Gasteiger charge is -2.20. The number of rotatable bonds is 3. The van der Waals surface area contributed by atoms with Crippen molar-refractivity contribution in [2.75, 3.05) is 18.0 Å². The minimum atomic E-state index is -1.05. The fourth-order valence-corrected chi connectivity index (χ4v) is 3.23. The van der Waals surface area contributed by atoms with E-state index in [2.05, 4.69) is 34.3 Å².